The maximum absolute atomic E-state index is 14.9. The average molecular weight is 460 g/mol. The van der Waals surface area contributed by atoms with Gasteiger partial charge < -0.3 is 10.1 Å². The smallest absolute Gasteiger partial charge is 0.285 e. The third-order valence-electron chi connectivity index (χ3n) is 4.00. The van der Waals surface area contributed by atoms with Crippen molar-refractivity contribution in [2.75, 3.05) is 19.4 Å². The molecule has 1 heterocycles. The molecule has 3 aromatic rings. The average Bonchev–Trinajstić information content (AvgIpc) is 3.28. The molecule has 0 saturated carbocycles. The Morgan fingerprint density at radius 3 is 2.42 bits per heavy atom. The van der Waals surface area contributed by atoms with Crippen LogP contribution in [0.5, 0.6) is 5.75 Å². The Bertz CT molecular complexity index is 1330. The highest BCUT2D eigenvalue weighted by Crippen LogP contribution is 2.36. The van der Waals surface area contributed by atoms with E-state index in [0.29, 0.717) is 11.3 Å². The van der Waals surface area contributed by atoms with Crippen molar-refractivity contribution < 1.29 is 44.9 Å². The number of methoxy groups -OCH3 is 1. The summed E-state index contributed by atoms with van der Waals surface area (Å²) in [6, 6.07) is 5.22. The third-order valence-corrected chi connectivity index (χ3v) is 4.92. The minimum atomic E-state index is -3.00. The highest BCUT2D eigenvalue weighted by atomic mass is 32.1. The lowest BCUT2D eigenvalue weighted by molar-refractivity contribution is 0.0540. The van der Waals surface area contributed by atoms with Gasteiger partial charge in [-0.1, -0.05) is 12.1 Å². The van der Waals surface area contributed by atoms with E-state index in [9.17, 15) is 27.2 Å². The highest BCUT2D eigenvalue weighted by molar-refractivity contribution is 7.12. The van der Waals surface area contributed by atoms with Gasteiger partial charge in [0.1, 0.15) is 16.3 Å². The predicted molar refractivity (Wildman–Crippen MR) is 105 cm³/mol. The summed E-state index contributed by atoms with van der Waals surface area (Å²) in [7, 11) is -5.91. The molecule has 3 rings (SSSR count). The lowest BCUT2D eigenvalue weighted by Gasteiger charge is -2.14. The molecule has 0 bridgehead atoms. The number of halogens is 4. The molecule has 2 N–H and O–H groups in total. The second-order valence-electron chi connectivity index (χ2n) is 5.79. The Hall–Kier alpha value is -3.44. The van der Waals surface area contributed by atoms with E-state index in [1.54, 1.807) is 10.8 Å². The molecule has 2 amide bonds. The van der Waals surface area contributed by atoms with Crippen LogP contribution in [0.15, 0.2) is 35.7 Å². The minimum Gasteiger partial charge on any atom is -0.497 e. The van der Waals surface area contributed by atoms with Crippen molar-refractivity contribution in [3.8, 4) is 16.9 Å². The zero-order valence-electron chi connectivity index (χ0n) is 21.0. The van der Waals surface area contributed by atoms with Gasteiger partial charge in [0.15, 0.2) is 23.3 Å². The molecule has 11 heteroatoms. The van der Waals surface area contributed by atoms with Gasteiger partial charge in [-0.15, -0.1) is 11.3 Å². The predicted octanol–water partition coefficient (Wildman–Crippen LogP) is 4.52. The van der Waals surface area contributed by atoms with Crippen molar-refractivity contribution in [3.63, 3.8) is 0 Å². The van der Waals surface area contributed by atoms with Crippen LogP contribution in [0.4, 0.5) is 23.2 Å². The van der Waals surface area contributed by atoms with Crippen LogP contribution in [0.2, 0.25) is 0 Å². The number of anilines is 1. The van der Waals surface area contributed by atoms with E-state index >= 15 is 0 Å². The number of nitrogens with one attached hydrogen (secondary N) is 2. The first kappa shape index (κ1) is 15.4. The highest BCUT2D eigenvalue weighted by Gasteiger charge is 2.29. The van der Waals surface area contributed by atoms with Gasteiger partial charge >= 0.3 is 0 Å². The monoisotopic (exact) mass is 460 g/mol. The molecule has 0 fully saturated rings. The Morgan fingerprint density at radius 1 is 1.00 bits per heavy atom. The number of carbonyl (C=O) groups excluding carboxylic acids is 2. The first-order chi connectivity index (χ1) is 17.1. The fraction of sp³-hybridized carbons (Fsp3) is 0.100. The van der Waals surface area contributed by atoms with Gasteiger partial charge in [-0.25, -0.2) is 23.0 Å². The topological polar surface area (TPSA) is 76.7 Å². The lowest BCUT2D eigenvalue weighted by atomic mass is 10.0. The molecular weight excluding hydrogens is 440 g/mol. The van der Waals surface area contributed by atoms with E-state index in [1.165, 1.54) is 5.38 Å². The van der Waals surface area contributed by atoms with E-state index in [-0.39, 0.29) is 5.75 Å². The van der Waals surface area contributed by atoms with Gasteiger partial charge in [-0.05, 0) is 29.1 Å². The summed E-state index contributed by atoms with van der Waals surface area (Å²) in [5, 5.41) is 2.87. The van der Waals surface area contributed by atoms with E-state index in [2.05, 4.69) is 9.57 Å². The number of benzene rings is 2. The summed E-state index contributed by atoms with van der Waals surface area (Å²) in [5.74, 6) is -10.7. The summed E-state index contributed by atoms with van der Waals surface area (Å²) in [5.41, 5.74) is -2.08. The summed E-state index contributed by atoms with van der Waals surface area (Å²) in [4.78, 5) is 28.4. The zero-order valence-corrected chi connectivity index (χ0v) is 15.8. The Morgan fingerprint density at radius 2 is 1.74 bits per heavy atom. The number of hydroxylamine groups is 1. The maximum atomic E-state index is 14.9. The van der Waals surface area contributed by atoms with Crippen LogP contribution in [0.1, 0.15) is 28.3 Å². The van der Waals surface area contributed by atoms with Crippen LogP contribution in [-0.4, -0.2) is 25.9 Å². The molecule has 2 aromatic carbocycles. The number of hydrogen-bond acceptors (Lipinski definition) is 5. The standard InChI is InChI=1S/C20H14F4N2O4S/c1-29-10-5-3-4-9(8-10)12-13(21)15(23)17(16(24)14(12)22)25-19(27)11-6-7-31-18(11)20(28)26-30-2/h3-8H,1-2H3,(H,25,27)(H,26,28)/i1D3,2D3. The van der Waals surface area contributed by atoms with Gasteiger partial charge in [0.25, 0.3) is 11.8 Å². The number of amides is 2. The molecule has 0 unspecified atom stereocenters. The Balaban J connectivity index is 1.94. The summed E-state index contributed by atoms with van der Waals surface area (Å²) < 4.78 is 106. The first-order valence-electron chi connectivity index (χ1n) is 11.1. The van der Waals surface area contributed by atoms with Crippen LogP contribution in [0.25, 0.3) is 11.1 Å². The number of thiophene rings is 1. The molecule has 0 aliphatic carbocycles. The molecule has 0 atom stereocenters. The molecular formula is C20H14F4N2O4S. The normalized spacial score (nSPS) is 14.3. The van der Waals surface area contributed by atoms with Crippen molar-refractivity contribution in [1.29, 1.82) is 0 Å². The number of carbonyl (C=O) groups is 2. The van der Waals surface area contributed by atoms with Crippen LogP contribution in [0.3, 0.4) is 0 Å². The van der Waals surface area contributed by atoms with Gasteiger partial charge in [-0.3, -0.25) is 14.4 Å². The molecule has 0 aliphatic rings. The second kappa shape index (κ2) is 9.14. The number of rotatable bonds is 6. The zero-order chi connectivity index (χ0) is 27.7. The maximum Gasteiger partial charge on any atom is 0.285 e. The summed E-state index contributed by atoms with van der Waals surface area (Å²) in [6.45, 7) is 0. The summed E-state index contributed by atoms with van der Waals surface area (Å²) >= 11 is 0.643. The Labute approximate surface area is 185 Å². The quantitative estimate of drug-likeness (QED) is 0.322. The SMILES string of the molecule is [2H]C([2H])([2H])ONC(=O)c1sccc1C(=O)Nc1c(F)c(F)c(-c2cccc(OC([2H])([2H])[2H])c2)c(F)c1F. The molecule has 1 aromatic heterocycles. The van der Waals surface area contributed by atoms with E-state index in [0.717, 1.165) is 30.3 Å². The van der Waals surface area contributed by atoms with Gasteiger partial charge in [0.2, 0.25) is 0 Å². The molecule has 162 valence electrons. The van der Waals surface area contributed by atoms with Gasteiger partial charge in [0, 0.05) is 0 Å². The fourth-order valence-electron chi connectivity index (χ4n) is 2.65. The van der Waals surface area contributed by atoms with Crippen LogP contribution < -0.4 is 15.5 Å². The molecule has 0 saturated heterocycles. The molecule has 6 nitrogen and oxygen atoms in total. The number of hydrogen-bond donors (Lipinski definition) is 2. The lowest BCUT2D eigenvalue weighted by Crippen LogP contribution is -2.24. The Kier molecular flexibility index (Phi) is 4.54. The largest absolute Gasteiger partial charge is 0.497 e. The van der Waals surface area contributed by atoms with Crippen molar-refractivity contribution in [2.45, 2.75) is 0 Å². The van der Waals surface area contributed by atoms with Gasteiger partial charge in [-0.2, -0.15) is 0 Å². The van der Waals surface area contributed by atoms with Crippen molar-refractivity contribution in [2.24, 2.45) is 0 Å². The molecule has 0 radical (unpaired) electrons. The number of ether oxygens (including phenoxy) is 1. The van der Waals surface area contributed by atoms with Crippen LogP contribution in [-0.2, 0) is 4.84 Å². The van der Waals surface area contributed by atoms with Crippen LogP contribution >= 0.6 is 11.3 Å². The van der Waals surface area contributed by atoms with Crippen molar-refractivity contribution in [3.05, 3.63) is 69.4 Å². The van der Waals surface area contributed by atoms with Gasteiger partial charge in [0.05, 0.1) is 33.4 Å². The second-order valence-corrected chi connectivity index (χ2v) is 6.70. The fourth-order valence-corrected chi connectivity index (χ4v) is 3.42. The van der Waals surface area contributed by atoms with Crippen LogP contribution in [0, 0.1) is 23.3 Å². The van der Waals surface area contributed by atoms with E-state index in [1.807, 2.05) is 0 Å². The van der Waals surface area contributed by atoms with Crippen molar-refractivity contribution >= 4 is 28.8 Å². The molecule has 31 heavy (non-hydrogen) atoms. The first-order valence-corrected chi connectivity index (χ1v) is 8.99. The summed E-state index contributed by atoms with van der Waals surface area (Å²) in [6.07, 6.45) is 0. The third kappa shape index (κ3) is 4.23. The van der Waals surface area contributed by atoms with E-state index in [4.69, 9.17) is 8.22 Å². The minimum absolute atomic E-state index is 0.361. The molecule has 0 spiro atoms. The van der Waals surface area contributed by atoms with E-state index < -0.39 is 76.4 Å². The molecule has 0 aliphatic heterocycles. The van der Waals surface area contributed by atoms with Crippen molar-refractivity contribution in [1.82, 2.24) is 5.48 Å².